The molecule has 1 aromatic carbocycles. The number of amides is 1. The number of nitrogens with one attached hydrogen (secondary N) is 1. The lowest BCUT2D eigenvalue weighted by Crippen LogP contribution is -2.40. The Hall–Kier alpha value is -2.35. The maximum absolute atomic E-state index is 12.0. The van der Waals surface area contributed by atoms with Crippen molar-refractivity contribution < 1.29 is 14.7 Å². The van der Waals surface area contributed by atoms with Crippen LogP contribution in [0.25, 0.3) is 0 Å². The predicted octanol–water partition coefficient (Wildman–Crippen LogP) is 2.47. The number of carbonyl (C=O) groups is 2. The number of aliphatic carboxylic acids is 1. The number of hydrogen-bond donors (Lipinski definition) is 2. The number of benzene rings is 1. The van der Waals surface area contributed by atoms with E-state index in [2.05, 4.69) is 26.1 Å². The lowest BCUT2D eigenvalue weighted by Gasteiger charge is -2.19. The third-order valence-electron chi connectivity index (χ3n) is 3.16. The number of carbonyl (C=O) groups excluding carboxylic acids is 1. The third-order valence-corrected chi connectivity index (χ3v) is 3.16. The Morgan fingerprint density at radius 1 is 1.29 bits per heavy atom. The molecule has 0 saturated heterocycles. The summed E-state index contributed by atoms with van der Waals surface area (Å²) < 4.78 is 0. The summed E-state index contributed by atoms with van der Waals surface area (Å²) in [7, 11) is 0. The smallest absolute Gasteiger partial charge is 0.326 e. The van der Waals surface area contributed by atoms with Crippen molar-refractivity contribution in [3.8, 4) is 6.07 Å². The van der Waals surface area contributed by atoms with Crippen molar-refractivity contribution in [2.45, 2.75) is 45.1 Å². The van der Waals surface area contributed by atoms with E-state index < -0.39 is 17.9 Å². The van der Waals surface area contributed by atoms with E-state index in [0.29, 0.717) is 5.56 Å². The fraction of sp³-hybridized carbons (Fsp3) is 0.438. The monoisotopic (exact) mass is 288 g/mol. The highest BCUT2D eigenvalue weighted by molar-refractivity contribution is 5.96. The molecule has 0 saturated carbocycles. The molecule has 0 unspecified atom stereocenters. The molecule has 1 aromatic rings. The Morgan fingerprint density at radius 2 is 1.86 bits per heavy atom. The first-order valence-electron chi connectivity index (χ1n) is 6.77. The van der Waals surface area contributed by atoms with Gasteiger partial charge < -0.3 is 10.4 Å². The van der Waals surface area contributed by atoms with Crippen molar-refractivity contribution in [3.63, 3.8) is 0 Å². The van der Waals surface area contributed by atoms with Crippen molar-refractivity contribution in [2.24, 2.45) is 0 Å². The van der Waals surface area contributed by atoms with Crippen LogP contribution in [-0.4, -0.2) is 23.0 Å². The van der Waals surface area contributed by atoms with E-state index in [1.54, 1.807) is 12.1 Å². The summed E-state index contributed by atoms with van der Waals surface area (Å²) in [5.74, 6) is -1.58. The van der Waals surface area contributed by atoms with Gasteiger partial charge in [-0.15, -0.1) is 0 Å². The molecule has 0 aliphatic carbocycles. The summed E-state index contributed by atoms with van der Waals surface area (Å²) in [6.45, 7) is 6.22. The van der Waals surface area contributed by atoms with E-state index in [1.807, 2.05) is 18.2 Å². The molecule has 21 heavy (non-hydrogen) atoms. The van der Waals surface area contributed by atoms with Crippen LogP contribution in [0.4, 0.5) is 0 Å². The van der Waals surface area contributed by atoms with Gasteiger partial charge in [-0.3, -0.25) is 4.79 Å². The summed E-state index contributed by atoms with van der Waals surface area (Å²) in [5, 5.41) is 20.0. The molecular formula is C16H20N2O3. The van der Waals surface area contributed by atoms with Crippen LogP contribution in [0, 0.1) is 11.3 Å². The van der Waals surface area contributed by atoms with Gasteiger partial charge in [-0.05, 0) is 29.5 Å². The molecule has 0 aliphatic rings. The standard InChI is InChI=1S/C16H20N2O3/c1-16(2,3)12-8-6-11(7-9-12)14(19)18-13(15(20)21)5-4-10-17/h6-9,13H,4-5H2,1-3H3,(H,18,19)(H,20,21)/t13-/m0/s1. The maximum atomic E-state index is 12.0. The van der Waals surface area contributed by atoms with Crippen LogP contribution in [0.5, 0.6) is 0 Å². The molecule has 0 spiro atoms. The van der Waals surface area contributed by atoms with Crippen LogP contribution < -0.4 is 5.32 Å². The highest BCUT2D eigenvalue weighted by Crippen LogP contribution is 2.22. The summed E-state index contributed by atoms with van der Waals surface area (Å²) in [6.07, 6.45) is 0.178. The van der Waals surface area contributed by atoms with Crippen molar-refractivity contribution in [1.82, 2.24) is 5.32 Å². The van der Waals surface area contributed by atoms with Gasteiger partial charge in [0.1, 0.15) is 6.04 Å². The predicted molar refractivity (Wildman–Crippen MR) is 78.9 cm³/mol. The number of hydrogen-bond acceptors (Lipinski definition) is 3. The van der Waals surface area contributed by atoms with Gasteiger partial charge in [-0.2, -0.15) is 5.26 Å². The molecular weight excluding hydrogens is 268 g/mol. The highest BCUT2D eigenvalue weighted by atomic mass is 16.4. The van der Waals surface area contributed by atoms with E-state index in [9.17, 15) is 9.59 Å². The summed E-state index contributed by atoms with van der Waals surface area (Å²) in [6, 6.07) is 7.91. The van der Waals surface area contributed by atoms with Gasteiger partial charge in [0.05, 0.1) is 6.07 Å². The van der Waals surface area contributed by atoms with Crippen LogP contribution in [0.15, 0.2) is 24.3 Å². The first-order chi connectivity index (χ1) is 9.75. The summed E-state index contributed by atoms with van der Waals surface area (Å²) in [5.41, 5.74) is 1.50. The molecule has 0 bridgehead atoms. The second kappa shape index (κ2) is 6.89. The largest absolute Gasteiger partial charge is 0.480 e. The Morgan fingerprint density at radius 3 is 2.29 bits per heavy atom. The quantitative estimate of drug-likeness (QED) is 0.870. The third kappa shape index (κ3) is 4.92. The van der Waals surface area contributed by atoms with Crippen molar-refractivity contribution in [2.75, 3.05) is 0 Å². The number of carboxylic acids is 1. The molecule has 112 valence electrons. The molecule has 0 heterocycles. The molecule has 1 rings (SSSR count). The first kappa shape index (κ1) is 16.7. The van der Waals surface area contributed by atoms with Gasteiger partial charge in [0.15, 0.2) is 0 Å². The molecule has 0 aliphatic heterocycles. The molecule has 0 fully saturated rings. The van der Waals surface area contributed by atoms with Gasteiger partial charge in [0, 0.05) is 12.0 Å². The Bertz CT molecular complexity index is 550. The van der Waals surface area contributed by atoms with Crippen LogP contribution in [0.3, 0.4) is 0 Å². The first-order valence-corrected chi connectivity index (χ1v) is 6.77. The molecule has 1 atom stereocenters. The van der Waals surface area contributed by atoms with Gasteiger partial charge in [0.25, 0.3) is 5.91 Å². The van der Waals surface area contributed by atoms with Gasteiger partial charge >= 0.3 is 5.97 Å². The fourth-order valence-corrected chi connectivity index (χ4v) is 1.83. The normalized spacial score (nSPS) is 12.3. The molecule has 5 heteroatoms. The summed E-state index contributed by atoms with van der Waals surface area (Å²) in [4.78, 5) is 23.1. The Kier molecular flexibility index (Phi) is 5.48. The zero-order valence-corrected chi connectivity index (χ0v) is 12.5. The maximum Gasteiger partial charge on any atom is 0.326 e. The molecule has 0 radical (unpaired) electrons. The fourth-order valence-electron chi connectivity index (χ4n) is 1.83. The van der Waals surface area contributed by atoms with Crippen molar-refractivity contribution >= 4 is 11.9 Å². The number of nitrogens with zero attached hydrogens (tertiary/aromatic N) is 1. The molecule has 1 amide bonds. The SMILES string of the molecule is CC(C)(C)c1ccc(C(=O)N[C@@H](CCC#N)C(=O)O)cc1. The van der Waals surface area contributed by atoms with E-state index in [-0.39, 0.29) is 18.3 Å². The van der Waals surface area contributed by atoms with E-state index in [0.717, 1.165) is 5.56 Å². The highest BCUT2D eigenvalue weighted by Gasteiger charge is 2.20. The molecule has 5 nitrogen and oxygen atoms in total. The van der Waals surface area contributed by atoms with Crippen LogP contribution >= 0.6 is 0 Å². The number of carboxylic acid groups (broad SMARTS) is 1. The van der Waals surface area contributed by atoms with Crippen molar-refractivity contribution in [3.05, 3.63) is 35.4 Å². The zero-order chi connectivity index (χ0) is 16.0. The second-order valence-corrected chi connectivity index (χ2v) is 5.89. The molecule has 2 N–H and O–H groups in total. The topological polar surface area (TPSA) is 90.2 Å². The minimum atomic E-state index is -1.13. The van der Waals surface area contributed by atoms with Crippen LogP contribution in [-0.2, 0) is 10.2 Å². The number of rotatable bonds is 5. The zero-order valence-electron chi connectivity index (χ0n) is 12.5. The van der Waals surface area contributed by atoms with Gasteiger partial charge in [-0.25, -0.2) is 4.79 Å². The average molecular weight is 288 g/mol. The van der Waals surface area contributed by atoms with E-state index >= 15 is 0 Å². The van der Waals surface area contributed by atoms with Gasteiger partial charge in [0.2, 0.25) is 0 Å². The minimum absolute atomic E-state index is 0.00853. The number of nitriles is 1. The second-order valence-electron chi connectivity index (χ2n) is 5.89. The van der Waals surface area contributed by atoms with Crippen molar-refractivity contribution in [1.29, 1.82) is 5.26 Å². The van der Waals surface area contributed by atoms with Crippen LogP contribution in [0.1, 0.15) is 49.5 Å². The van der Waals surface area contributed by atoms with E-state index in [4.69, 9.17) is 10.4 Å². The lowest BCUT2D eigenvalue weighted by molar-refractivity contribution is -0.139. The summed E-state index contributed by atoms with van der Waals surface area (Å²) >= 11 is 0. The Balaban J connectivity index is 2.79. The molecule has 0 aromatic heterocycles. The van der Waals surface area contributed by atoms with E-state index in [1.165, 1.54) is 0 Å². The Labute approximate surface area is 124 Å². The lowest BCUT2D eigenvalue weighted by atomic mass is 9.86. The van der Waals surface area contributed by atoms with Crippen LogP contribution in [0.2, 0.25) is 0 Å². The van der Waals surface area contributed by atoms with Gasteiger partial charge in [-0.1, -0.05) is 32.9 Å². The minimum Gasteiger partial charge on any atom is -0.480 e. The average Bonchev–Trinajstić information content (AvgIpc) is 2.42.